The quantitative estimate of drug-likeness (QED) is 0.664. The Morgan fingerprint density at radius 2 is 2.14 bits per heavy atom. The molecular weight excluding hydrogens is 196 g/mol. The van der Waals surface area contributed by atoms with E-state index in [9.17, 15) is 0 Å². The second kappa shape index (κ2) is 6.07. The van der Waals surface area contributed by atoms with Gasteiger partial charge in [-0.05, 0) is 12.8 Å². The van der Waals surface area contributed by atoms with Gasteiger partial charge in [0.2, 0.25) is 0 Å². The standard InChI is InChI=1S/C11H19ClN2/c1-3-5-7-14-11(6-4-2)10(8-12)9-13-14/h9H,3-8H2,1-2H3. The second-order valence-electron chi connectivity index (χ2n) is 3.58. The van der Waals surface area contributed by atoms with Crippen molar-refractivity contribution in [2.75, 3.05) is 0 Å². The molecule has 0 saturated carbocycles. The topological polar surface area (TPSA) is 17.8 Å². The number of aromatic nitrogens is 2. The predicted molar refractivity (Wildman–Crippen MR) is 60.7 cm³/mol. The van der Waals surface area contributed by atoms with E-state index < -0.39 is 0 Å². The molecule has 0 aliphatic carbocycles. The minimum atomic E-state index is 0.585. The highest BCUT2D eigenvalue weighted by Gasteiger charge is 2.08. The zero-order chi connectivity index (χ0) is 10.4. The van der Waals surface area contributed by atoms with E-state index in [2.05, 4.69) is 23.6 Å². The van der Waals surface area contributed by atoms with E-state index in [-0.39, 0.29) is 0 Å². The van der Waals surface area contributed by atoms with Gasteiger partial charge in [-0.25, -0.2) is 0 Å². The highest BCUT2D eigenvalue weighted by molar-refractivity contribution is 6.17. The predicted octanol–water partition coefficient (Wildman–Crippen LogP) is 3.37. The third-order valence-electron chi connectivity index (χ3n) is 2.39. The molecule has 0 bridgehead atoms. The molecule has 1 aromatic rings. The van der Waals surface area contributed by atoms with Crippen molar-refractivity contribution in [1.29, 1.82) is 0 Å². The first kappa shape index (κ1) is 11.6. The molecule has 1 aromatic heterocycles. The van der Waals surface area contributed by atoms with Crippen molar-refractivity contribution in [2.45, 2.75) is 52.0 Å². The maximum absolute atomic E-state index is 5.86. The summed E-state index contributed by atoms with van der Waals surface area (Å²) < 4.78 is 2.12. The molecule has 0 aliphatic rings. The van der Waals surface area contributed by atoms with Gasteiger partial charge in [0.15, 0.2) is 0 Å². The van der Waals surface area contributed by atoms with Crippen molar-refractivity contribution in [3.63, 3.8) is 0 Å². The lowest BCUT2D eigenvalue weighted by atomic mass is 10.2. The molecule has 0 radical (unpaired) electrons. The summed E-state index contributed by atoms with van der Waals surface area (Å²) in [5.41, 5.74) is 2.53. The van der Waals surface area contributed by atoms with E-state index >= 15 is 0 Å². The minimum Gasteiger partial charge on any atom is -0.269 e. The van der Waals surface area contributed by atoms with Crippen molar-refractivity contribution in [3.05, 3.63) is 17.5 Å². The molecule has 2 nitrogen and oxygen atoms in total. The molecule has 1 heterocycles. The first-order valence-electron chi connectivity index (χ1n) is 5.43. The fourth-order valence-electron chi connectivity index (χ4n) is 1.59. The molecule has 0 amide bonds. The van der Waals surface area contributed by atoms with Gasteiger partial charge in [-0.2, -0.15) is 5.10 Å². The van der Waals surface area contributed by atoms with Crippen LogP contribution in [0.15, 0.2) is 6.20 Å². The van der Waals surface area contributed by atoms with Crippen molar-refractivity contribution in [2.24, 2.45) is 0 Å². The molecule has 0 saturated heterocycles. The van der Waals surface area contributed by atoms with Crippen molar-refractivity contribution in [3.8, 4) is 0 Å². The average molecular weight is 215 g/mol. The molecule has 3 heteroatoms. The van der Waals surface area contributed by atoms with Gasteiger partial charge in [-0.3, -0.25) is 4.68 Å². The van der Waals surface area contributed by atoms with Crippen LogP contribution >= 0.6 is 11.6 Å². The first-order chi connectivity index (χ1) is 6.83. The number of aryl methyl sites for hydroxylation is 1. The Balaban J connectivity index is 2.75. The molecular formula is C11H19ClN2. The third-order valence-corrected chi connectivity index (χ3v) is 2.68. The summed E-state index contributed by atoms with van der Waals surface area (Å²) in [5, 5.41) is 4.38. The summed E-state index contributed by atoms with van der Waals surface area (Å²) in [4.78, 5) is 0. The zero-order valence-corrected chi connectivity index (χ0v) is 9.85. The van der Waals surface area contributed by atoms with Crippen LogP contribution in [0.5, 0.6) is 0 Å². The number of hydrogen-bond donors (Lipinski definition) is 0. The number of alkyl halides is 1. The summed E-state index contributed by atoms with van der Waals surface area (Å²) in [7, 11) is 0. The van der Waals surface area contributed by atoms with Gasteiger partial charge < -0.3 is 0 Å². The lowest BCUT2D eigenvalue weighted by Gasteiger charge is -2.06. The van der Waals surface area contributed by atoms with Gasteiger partial charge in [0, 0.05) is 17.8 Å². The fraction of sp³-hybridized carbons (Fsp3) is 0.727. The van der Waals surface area contributed by atoms with Crippen LogP contribution in [0.3, 0.4) is 0 Å². The molecule has 0 aromatic carbocycles. The highest BCUT2D eigenvalue weighted by atomic mass is 35.5. The fourth-order valence-corrected chi connectivity index (χ4v) is 1.81. The minimum absolute atomic E-state index is 0.585. The maximum Gasteiger partial charge on any atom is 0.0536 e. The highest BCUT2D eigenvalue weighted by Crippen LogP contribution is 2.14. The van der Waals surface area contributed by atoms with E-state index in [1.165, 1.54) is 24.1 Å². The van der Waals surface area contributed by atoms with Gasteiger partial charge in [0.05, 0.1) is 12.1 Å². The van der Waals surface area contributed by atoms with Crippen LogP contribution in [0.4, 0.5) is 0 Å². The van der Waals surface area contributed by atoms with Crippen LogP contribution < -0.4 is 0 Å². The number of halogens is 1. The maximum atomic E-state index is 5.86. The van der Waals surface area contributed by atoms with Gasteiger partial charge in [0.25, 0.3) is 0 Å². The van der Waals surface area contributed by atoms with E-state index in [4.69, 9.17) is 11.6 Å². The lowest BCUT2D eigenvalue weighted by Crippen LogP contribution is -2.05. The van der Waals surface area contributed by atoms with Crippen molar-refractivity contribution in [1.82, 2.24) is 9.78 Å². The van der Waals surface area contributed by atoms with Crippen LogP contribution in [-0.2, 0) is 18.8 Å². The summed E-state index contributed by atoms with van der Waals surface area (Å²) in [6.07, 6.45) is 6.56. The Morgan fingerprint density at radius 3 is 2.71 bits per heavy atom. The molecule has 0 unspecified atom stereocenters. The number of unbranched alkanes of at least 4 members (excludes halogenated alkanes) is 1. The second-order valence-corrected chi connectivity index (χ2v) is 3.84. The Kier molecular flexibility index (Phi) is 5.02. The summed E-state index contributed by atoms with van der Waals surface area (Å²) in [6, 6.07) is 0. The Hall–Kier alpha value is -0.500. The van der Waals surface area contributed by atoms with Crippen LogP contribution in [0, 0.1) is 0 Å². The van der Waals surface area contributed by atoms with E-state index in [0.29, 0.717) is 5.88 Å². The van der Waals surface area contributed by atoms with Gasteiger partial charge in [-0.15, -0.1) is 11.6 Å². The van der Waals surface area contributed by atoms with E-state index in [0.717, 1.165) is 19.4 Å². The number of nitrogens with zero attached hydrogens (tertiary/aromatic N) is 2. The molecule has 0 N–H and O–H groups in total. The van der Waals surface area contributed by atoms with Crippen LogP contribution in [0.1, 0.15) is 44.4 Å². The van der Waals surface area contributed by atoms with Crippen LogP contribution in [-0.4, -0.2) is 9.78 Å². The zero-order valence-electron chi connectivity index (χ0n) is 9.09. The average Bonchev–Trinajstić information content (AvgIpc) is 2.58. The Morgan fingerprint density at radius 1 is 1.36 bits per heavy atom. The normalized spacial score (nSPS) is 10.8. The largest absolute Gasteiger partial charge is 0.269 e. The van der Waals surface area contributed by atoms with Crippen molar-refractivity contribution >= 4 is 11.6 Å². The molecule has 1 rings (SSSR count). The number of rotatable bonds is 6. The third kappa shape index (κ3) is 2.74. The molecule has 0 aliphatic heterocycles. The van der Waals surface area contributed by atoms with Crippen LogP contribution in [0.25, 0.3) is 0 Å². The van der Waals surface area contributed by atoms with E-state index in [1.54, 1.807) is 0 Å². The number of hydrogen-bond acceptors (Lipinski definition) is 1. The van der Waals surface area contributed by atoms with Gasteiger partial charge in [-0.1, -0.05) is 26.7 Å². The molecule has 0 fully saturated rings. The molecule has 80 valence electrons. The monoisotopic (exact) mass is 214 g/mol. The first-order valence-corrected chi connectivity index (χ1v) is 5.96. The smallest absolute Gasteiger partial charge is 0.0536 e. The molecule has 0 atom stereocenters. The molecule has 14 heavy (non-hydrogen) atoms. The summed E-state index contributed by atoms with van der Waals surface area (Å²) >= 11 is 5.86. The lowest BCUT2D eigenvalue weighted by molar-refractivity contribution is 0.545. The Bertz CT molecular complexity index is 268. The SMILES string of the molecule is CCCCn1ncc(CCl)c1CCC. The summed E-state index contributed by atoms with van der Waals surface area (Å²) in [6.45, 7) is 5.42. The van der Waals surface area contributed by atoms with Gasteiger partial charge in [0.1, 0.15) is 0 Å². The van der Waals surface area contributed by atoms with Gasteiger partial charge >= 0.3 is 0 Å². The Labute approximate surface area is 91.3 Å². The van der Waals surface area contributed by atoms with Crippen LogP contribution in [0.2, 0.25) is 0 Å². The molecule has 0 spiro atoms. The van der Waals surface area contributed by atoms with E-state index in [1.807, 2.05) is 6.20 Å². The van der Waals surface area contributed by atoms with Crippen molar-refractivity contribution < 1.29 is 0 Å². The summed E-state index contributed by atoms with van der Waals surface area (Å²) in [5.74, 6) is 0.585.